The zero-order chi connectivity index (χ0) is 19.9. The smallest absolute Gasteiger partial charge is 0.344 e. The molecule has 0 bridgehead atoms. The van der Waals surface area contributed by atoms with Crippen LogP contribution in [0, 0.1) is 0 Å². The van der Waals surface area contributed by atoms with Gasteiger partial charge in [-0.3, -0.25) is 4.79 Å². The molecular weight excluding hydrogens is 380 g/mol. The second-order valence-corrected chi connectivity index (χ2v) is 6.80. The van der Waals surface area contributed by atoms with Gasteiger partial charge in [0.15, 0.2) is 12.0 Å². The van der Waals surface area contributed by atoms with Gasteiger partial charge in [0, 0.05) is 11.1 Å². The second kappa shape index (κ2) is 9.42. The Kier molecular flexibility index (Phi) is 6.71. The summed E-state index contributed by atoms with van der Waals surface area (Å²) in [6.07, 6.45) is 4.35. The molecule has 146 valence electrons. The normalized spacial score (nSPS) is 10.8. The Bertz CT molecular complexity index is 1010. The van der Waals surface area contributed by atoms with Crippen LogP contribution in [0.15, 0.2) is 57.9 Å². The Hall–Kier alpha value is -2.79. The van der Waals surface area contributed by atoms with Crippen molar-refractivity contribution in [2.24, 2.45) is 0 Å². The topological polar surface area (TPSA) is 65.7 Å². The standard InChI is InChI=1S/C22H21ClO5/c1-2-3-4-11-26-21(24)14-27-17-9-10-18-20(12-17)28-13-19(22(18)25)15-5-7-16(23)8-6-15/h5-10,12-13H,2-4,11,14H2,1H3. The quantitative estimate of drug-likeness (QED) is 0.383. The summed E-state index contributed by atoms with van der Waals surface area (Å²) in [5.41, 5.74) is 1.42. The maximum Gasteiger partial charge on any atom is 0.344 e. The third kappa shape index (κ3) is 4.93. The number of hydrogen-bond donors (Lipinski definition) is 0. The number of carbonyl (C=O) groups excluding carboxylic acids is 1. The number of unbranched alkanes of at least 4 members (excludes halogenated alkanes) is 2. The Morgan fingerprint density at radius 1 is 1.11 bits per heavy atom. The van der Waals surface area contributed by atoms with Crippen molar-refractivity contribution in [3.63, 3.8) is 0 Å². The molecule has 0 saturated heterocycles. The summed E-state index contributed by atoms with van der Waals surface area (Å²) in [6.45, 7) is 2.29. The Morgan fingerprint density at radius 2 is 1.89 bits per heavy atom. The van der Waals surface area contributed by atoms with E-state index in [-0.39, 0.29) is 12.0 Å². The lowest BCUT2D eigenvalue weighted by Gasteiger charge is -2.08. The highest BCUT2D eigenvalue weighted by atomic mass is 35.5. The summed E-state index contributed by atoms with van der Waals surface area (Å²) < 4.78 is 16.2. The fourth-order valence-electron chi connectivity index (χ4n) is 2.75. The van der Waals surface area contributed by atoms with Gasteiger partial charge in [0.25, 0.3) is 0 Å². The summed E-state index contributed by atoms with van der Waals surface area (Å²) in [5.74, 6) is 0.0103. The average Bonchev–Trinajstić information content (AvgIpc) is 2.71. The summed E-state index contributed by atoms with van der Waals surface area (Å²) in [4.78, 5) is 24.4. The van der Waals surface area contributed by atoms with Crippen molar-refractivity contribution in [1.82, 2.24) is 0 Å². The minimum absolute atomic E-state index is 0.148. The van der Waals surface area contributed by atoms with Crippen molar-refractivity contribution in [3.8, 4) is 16.9 Å². The van der Waals surface area contributed by atoms with Gasteiger partial charge in [-0.2, -0.15) is 0 Å². The van der Waals surface area contributed by atoms with Gasteiger partial charge in [-0.1, -0.05) is 43.5 Å². The van der Waals surface area contributed by atoms with Crippen LogP contribution in [0.3, 0.4) is 0 Å². The van der Waals surface area contributed by atoms with Gasteiger partial charge < -0.3 is 13.9 Å². The van der Waals surface area contributed by atoms with Gasteiger partial charge >= 0.3 is 5.97 Å². The first-order valence-corrected chi connectivity index (χ1v) is 9.56. The van der Waals surface area contributed by atoms with Crippen LogP contribution in [0.4, 0.5) is 0 Å². The maximum absolute atomic E-state index is 12.8. The van der Waals surface area contributed by atoms with Crippen LogP contribution in [0.5, 0.6) is 5.75 Å². The van der Waals surface area contributed by atoms with E-state index >= 15 is 0 Å². The van der Waals surface area contributed by atoms with Gasteiger partial charge in [0.2, 0.25) is 0 Å². The molecule has 0 spiro atoms. The number of esters is 1. The number of ether oxygens (including phenoxy) is 2. The zero-order valence-electron chi connectivity index (χ0n) is 15.6. The zero-order valence-corrected chi connectivity index (χ0v) is 16.3. The van der Waals surface area contributed by atoms with Gasteiger partial charge in [-0.25, -0.2) is 4.79 Å². The number of halogens is 1. The van der Waals surface area contributed by atoms with E-state index in [1.807, 2.05) is 0 Å². The van der Waals surface area contributed by atoms with Gasteiger partial charge in [-0.05, 0) is 36.2 Å². The SMILES string of the molecule is CCCCCOC(=O)COc1ccc2c(=O)c(-c3ccc(Cl)cc3)coc2c1. The van der Waals surface area contributed by atoms with Crippen molar-refractivity contribution in [1.29, 1.82) is 0 Å². The van der Waals surface area contributed by atoms with E-state index in [0.717, 1.165) is 24.8 Å². The van der Waals surface area contributed by atoms with Crippen molar-refractivity contribution < 1.29 is 18.7 Å². The first kappa shape index (κ1) is 20.0. The molecule has 0 amide bonds. The summed E-state index contributed by atoms with van der Waals surface area (Å²) >= 11 is 5.90. The molecule has 0 aliphatic carbocycles. The first-order chi connectivity index (χ1) is 13.6. The fraction of sp³-hybridized carbons (Fsp3) is 0.273. The van der Waals surface area contributed by atoms with E-state index in [2.05, 4.69) is 6.92 Å². The number of rotatable bonds is 8. The fourth-order valence-corrected chi connectivity index (χ4v) is 2.88. The number of carbonyl (C=O) groups is 1. The number of fused-ring (bicyclic) bond motifs is 1. The first-order valence-electron chi connectivity index (χ1n) is 9.18. The minimum atomic E-state index is -0.421. The lowest BCUT2D eigenvalue weighted by atomic mass is 10.1. The largest absolute Gasteiger partial charge is 0.482 e. The predicted octanol–water partition coefficient (Wildman–Crippen LogP) is 5.23. The average molecular weight is 401 g/mol. The van der Waals surface area contributed by atoms with Gasteiger partial charge in [0.1, 0.15) is 17.6 Å². The van der Waals surface area contributed by atoms with E-state index in [4.69, 9.17) is 25.5 Å². The van der Waals surface area contributed by atoms with E-state index < -0.39 is 5.97 Å². The molecule has 0 atom stereocenters. The molecule has 5 nitrogen and oxygen atoms in total. The number of hydrogen-bond acceptors (Lipinski definition) is 5. The molecule has 6 heteroatoms. The molecule has 1 heterocycles. The summed E-state index contributed by atoms with van der Waals surface area (Å²) in [5, 5.41) is 1.03. The highest BCUT2D eigenvalue weighted by Crippen LogP contribution is 2.24. The lowest BCUT2D eigenvalue weighted by molar-refractivity contribution is -0.146. The highest BCUT2D eigenvalue weighted by molar-refractivity contribution is 6.30. The predicted molar refractivity (Wildman–Crippen MR) is 109 cm³/mol. The van der Waals surface area contributed by atoms with Gasteiger partial charge in [0.05, 0.1) is 17.6 Å². The third-order valence-corrected chi connectivity index (χ3v) is 4.52. The van der Waals surface area contributed by atoms with E-state index in [9.17, 15) is 9.59 Å². The molecular formula is C22H21ClO5. The van der Waals surface area contributed by atoms with E-state index in [1.54, 1.807) is 42.5 Å². The monoisotopic (exact) mass is 400 g/mol. The van der Waals surface area contributed by atoms with Crippen molar-refractivity contribution >= 4 is 28.5 Å². The molecule has 2 aromatic carbocycles. The maximum atomic E-state index is 12.8. The number of benzene rings is 2. The highest BCUT2D eigenvalue weighted by Gasteiger charge is 2.11. The molecule has 0 radical (unpaired) electrons. The molecule has 0 aliphatic heterocycles. The van der Waals surface area contributed by atoms with Crippen LogP contribution in [0.1, 0.15) is 26.2 Å². The van der Waals surface area contributed by atoms with Crippen LogP contribution in [-0.2, 0) is 9.53 Å². The van der Waals surface area contributed by atoms with Crippen LogP contribution in [0.25, 0.3) is 22.1 Å². The second-order valence-electron chi connectivity index (χ2n) is 6.36. The van der Waals surface area contributed by atoms with Crippen LogP contribution in [0.2, 0.25) is 5.02 Å². The van der Waals surface area contributed by atoms with Crippen LogP contribution >= 0.6 is 11.6 Å². The molecule has 0 fully saturated rings. The molecule has 0 aliphatic rings. The Labute approximate surface area is 167 Å². The molecule has 0 unspecified atom stereocenters. The van der Waals surface area contributed by atoms with Crippen molar-refractivity contribution in [3.05, 3.63) is 64.0 Å². The molecule has 3 aromatic rings. The van der Waals surface area contributed by atoms with Crippen LogP contribution in [-0.4, -0.2) is 19.2 Å². The van der Waals surface area contributed by atoms with Crippen molar-refractivity contribution in [2.45, 2.75) is 26.2 Å². The Morgan fingerprint density at radius 3 is 2.64 bits per heavy atom. The lowest BCUT2D eigenvalue weighted by Crippen LogP contribution is -2.15. The molecule has 28 heavy (non-hydrogen) atoms. The van der Waals surface area contributed by atoms with E-state index in [1.165, 1.54) is 6.26 Å². The third-order valence-electron chi connectivity index (χ3n) is 4.27. The molecule has 0 saturated carbocycles. The van der Waals surface area contributed by atoms with E-state index in [0.29, 0.717) is 33.9 Å². The molecule has 1 aromatic heterocycles. The summed E-state index contributed by atoms with van der Waals surface area (Å²) in [7, 11) is 0. The minimum Gasteiger partial charge on any atom is -0.482 e. The summed E-state index contributed by atoms with van der Waals surface area (Å²) in [6, 6.07) is 11.8. The van der Waals surface area contributed by atoms with Crippen molar-refractivity contribution in [2.75, 3.05) is 13.2 Å². The molecule has 3 rings (SSSR count). The molecule has 0 N–H and O–H groups in total. The van der Waals surface area contributed by atoms with Crippen LogP contribution < -0.4 is 10.2 Å². The van der Waals surface area contributed by atoms with Gasteiger partial charge in [-0.15, -0.1) is 0 Å². The Balaban J connectivity index is 1.71.